The average Bonchev–Trinajstić information content (AvgIpc) is 2.37. The molecule has 2 N–H and O–H groups in total. The number of hydrogen-bond acceptors (Lipinski definition) is 3. The minimum atomic E-state index is 0. The molecule has 0 aromatic carbocycles. The molecule has 19 heavy (non-hydrogen) atoms. The Balaban J connectivity index is 0. The second-order valence-corrected chi connectivity index (χ2v) is 4.98. The van der Waals surface area contributed by atoms with Gasteiger partial charge in [-0.15, -0.1) is 24.8 Å². The van der Waals surface area contributed by atoms with Crippen molar-refractivity contribution in [3.63, 3.8) is 0 Å². The molecule has 0 heterocycles. The van der Waals surface area contributed by atoms with Crippen molar-refractivity contribution in [2.75, 3.05) is 33.7 Å². The molecule has 4 nitrogen and oxygen atoms in total. The molecule has 0 aliphatic heterocycles. The lowest BCUT2D eigenvalue weighted by molar-refractivity contribution is -0.121. The number of amides is 1. The van der Waals surface area contributed by atoms with E-state index in [-0.39, 0.29) is 30.7 Å². The fraction of sp³-hybridized carbons (Fsp3) is 0.923. The highest BCUT2D eigenvalue weighted by Crippen LogP contribution is 2.21. The molecule has 0 radical (unpaired) electrons. The quantitative estimate of drug-likeness (QED) is 0.753. The van der Waals surface area contributed by atoms with Crippen molar-refractivity contribution >= 4 is 30.7 Å². The summed E-state index contributed by atoms with van der Waals surface area (Å²) >= 11 is 0. The largest absolute Gasteiger partial charge is 0.355 e. The van der Waals surface area contributed by atoms with Gasteiger partial charge in [0.15, 0.2) is 0 Å². The van der Waals surface area contributed by atoms with Crippen molar-refractivity contribution in [1.29, 1.82) is 0 Å². The van der Waals surface area contributed by atoms with Crippen LogP contribution in [0.1, 0.15) is 38.5 Å². The zero-order valence-corrected chi connectivity index (χ0v) is 13.7. The zero-order valence-electron chi connectivity index (χ0n) is 12.1. The van der Waals surface area contributed by atoms with Gasteiger partial charge in [-0.3, -0.25) is 4.79 Å². The Morgan fingerprint density at radius 2 is 1.79 bits per heavy atom. The molecule has 1 aliphatic rings. The molecule has 1 aliphatic carbocycles. The number of likely N-dealkylation sites (N-methyl/N-ethyl adjacent to an activating group) is 1. The van der Waals surface area contributed by atoms with Gasteiger partial charge in [0.1, 0.15) is 0 Å². The zero-order chi connectivity index (χ0) is 12.5. The van der Waals surface area contributed by atoms with E-state index in [2.05, 4.69) is 22.6 Å². The van der Waals surface area contributed by atoms with Crippen LogP contribution in [0.5, 0.6) is 0 Å². The van der Waals surface area contributed by atoms with Crippen LogP contribution in [0.15, 0.2) is 0 Å². The van der Waals surface area contributed by atoms with Gasteiger partial charge in [-0.1, -0.05) is 19.3 Å². The first-order valence-corrected chi connectivity index (χ1v) is 6.85. The first kappa shape index (κ1) is 21.3. The van der Waals surface area contributed by atoms with Crippen molar-refractivity contribution in [3.8, 4) is 0 Å². The van der Waals surface area contributed by atoms with E-state index in [1.165, 1.54) is 32.1 Å². The third-order valence-corrected chi connectivity index (χ3v) is 3.59. The summed E-state index contributed by atoms with van der Waals surface area (Å²) in [5.41, 5.74) is 0. The third kappa shape index (κ3) is 9.50. The molecule has 0 aromatic heterocycles. The first-order valence-electron chi connectivity index (χ1n) is 6.85. The SMILES string of the molecule is CNCCC(=O)NCCN(C)C1CCCCC1.Cl.Cl. The highest BCUT2D eigenvalue weighted by molar-refractivity contribution is 5.85. The van der Waals surface area contributed by atoms with Crippen LogP contribution in [0.25, 0.3) is 0 Å². The van der Waals surface area contributed by atoms with Crippen molar-refractivity contribution in [2.24, 2.45) is 0 Å². The van der Waals surface area contributed by atoms with Gasteiger partial charge in [0.2, 0.25) is 5.91 Å². The normalized spacial score (nSPS) is 15.5. The van der Waals surface area contributed by atoms with E-state index in [1.54, 1.807) is 0 Å². The third-order valence-electron chi connectivity index (χ3n) is 3.59. The number of carbonyl (C=O) groups excluding carboxylic acids is 1. The molecule has 0 saturated heterocycles. The number of halogens is 2. The number of nitrogens with one attached hydrogen (secondary N) is 2. The number of hydrogen-bond donors (Lipinski definition) is 2. The second-order valence-electron chi connectivity index (χ2n) is 4.98. The molecule has 0 atom stereocenters. The lowest BCUT2D eigenvalue weighted by Gasteiger charge is -2.31. The van der Waals surface area contributed by atoms with Crippen LogP contribution in [0.2, 0.25) is 0 Å². The van der Waals surface area contributed by atoms with E-state index in [4.69, 9.17) is 0 Å². The maximum absolute atomic E-state index is 11.4. The van der Waals surface area contributed by atoms with Crippen LogP contribution in [-0.2, 0) is 4.79 Å². The Kier molecular flexibility index (Phi) is 14.5. The standard InChI is InChI=1S/C13H27N3O.2ClH/c1-14-9-8-13(17)15-10-11-16(2)12-6-4-3-5-7-12;;/h12,14H,3-11H2,1-2H3,(H,15,17);2*1H. The predicted molar refractivity (Wildman–Crippen MR) is 85.6 cm³/mol. The first-order chi connectivity index (χ1) is 8.24. The van der Waals surface area contributed by atoms with Crippen molar-refractivity contribution in [1.82, 2.24) is 15.5 Å². The Labute approximate surface area is 129 Å². The van der Waals surface area contributed by atoms with E-state index < -0.39 is 0 Å². The number of carbonyl (C=O) groups is 1. The van der Waals surface area contributed by atoms with Gasteiger partial charge in [-0.2, -0.15) is 0 Å². The summed E-state index contributed by atoms with van der Waals surface area (Å²) in [5, 5.41) is 5.95. The van der Waals surface area contributed by atoms with Crippen LogP contribution in [-0.4, -0.2) is 50.6 Å². The summed E-state index contributed by atoms with van der Waals surface area (Å²) in [5.74, 6) is 0.149. The second kappa shape index (κ2) is 13.0. The topological polar surface area (TPSA) is 44.4 Å². The molecule has 1 saturated carbocycles. The maximum Gasteiger partial charge on any atom is 0.221 e. The molecule has 0 unspecified atom stereocenters. The van der Waals surface area contributed by atoms with Crippen LogP contribution >= 0.6 is 24.8 Å². The molecule has 1 rings (SSSR count). The summed E-state index contributed by atoms with van der Waals surface area (Å²) in [6.07, 6.45) is 7.34. The highest BCUT2D eigenvalue weighted by Gasteiger charge is 2.17. The fourth-order valence-electron chi connectivity index (χ4n) is 2.40. The van der Waals surface area contributed by atoms with E-state index in [0.29, 0.717) is 6.42 Å². The molecule has 1 fully saturated rings. The molecule has 0 spiro atoms. The summed E-state index contributed by atoms with van der Waals surface area (Å²) in [6.45, 7) is 2.50. The van der Waals surface area contributed by atoms with Gasteiger partial charge < -0.3 is 15.5 Å². The van der Waals surface area contributed by atoms with Crippen LogP contribution < -0.4 is 10.6 Å². The van der Waals surface area contributed by atoms with E-state index in [0.717, 1.165) is 25.7 Å². The van der Waals surface area contributed by atoms with E-state index >= 15 is 0 Å². The monoisotopic (exact) mass is 313 g/mol. The summed E-state index contributed by atoms with van der Waals surface area (Å²) < 4.78 is 0. The maximum atomic E-state index is 11.4. The van der Waals surface area contributed by atoms with Gasteiger partial charge in [0, 0.05) is 32.1 Å². The minimum absolute atomic E-state index is 0. The molecule has 1 amide bonds. The Bertz CT molecular complexity index is 224. The summed E-state index contributed by atoms with van der Waals surface area (Å²) in [4.78, 5) is 13.8. The summed E-state index contributed by atoms with van der Waals surface area (Å²) in [6, 6.07) is 0.734. The molecule has 0 bridgehead atoms. The number of rotatable bonds is 7. The molecule has 0 aromatic rings. The van der Waals surface area contributed by atoms with Crippen LogP contribution in [0.3, 0.4) is 0 Å². The lowest BCUT2D eigenvalue weighted by atomic mass is 9.94. The van der Waals surface area contributed by atoms with Gasteiger partial charge in [0.25, 0.3) is 0 Å². The van der Waals surface area contributed by atoms with E-state index in [1.807, 2.05) is 7.05 Å². The van der Waals surface area contributed by atoms with Crippen molar-refractivity contribution in [2.45, 2.75) is 44.6 Å². The van der Waals surface area contributed by atoms with Crippen LogP contribution in [0.4, 0.5) is 0 Å². The molecule has 6 heteroatoms. The minimum Gasteiger partial charge on any atom is -0.355 e. The molecular weight excluding hydrogens is 285 g/mol. The van der Waals surface area contributed by atoms with E-state index in [9.17, 15) is 4.79 Å². The molecule has 116 valence electrons. The van der Waals surface area contributed by atoms with Crippen molar-refractivity contribution in [3.05, 3.63) is 0 Å². The highest BCUT2D eigenvalue weighted by atomic mass is 35.5. The van der Waals surface area contributed by atoms with Gasteiger partial charge >= 0.3 is 0 Å². The Morgan fingerprint density at radius 3 is 2.37 bits per heavy atom. The lowest BCUT2D eigenvalue weighted by Crippen LogP contribution is -2.39. The Morgan fingerprint density at radius 1 is 1.16 bits per heavy atom. The summed E-state index contributed by atoms with van der Waals surface area (Å²) in [7, 11) is 4.04. The number of nitrogens with zero attached hydrogens (tertiary/aromatic N) is 1. The van der Waals surface area contributed by atoms with Gasteiger partial charge in [-0.05, 0) is 26.9 Å². The van der Waals surface area contributed by atoms with Crippen molar-refractivity contribution < 1.29 is 4.79 Å². The smallest absolute Gasteiger partial charge is 0.221 e. The molecular formula is C13H29Cl2N3O. The Hall–Kier alpha value is -0.0300. The van der Waals surface area contributed by atoms with Gasteiger partial charge in [0.05, 0.1) is 0 Å². The van der Waals surface area contributed by atoms with Crippen LogP contribution in [0, 0.1) is 0 Å². The predicted octanol–water partition coefficient (Wildman–Crippen LogP) is 1.82. The average molecular weight is 314 g/mol. The van der Waals surface area contributed by atoms with Gasteiger partial charge in [-0.25, -0.2) is 0 Å². The fourth-order valence-corrected chi connectivity index (χ4v) is 2.40.